The van der Waals surface area contributed by atoms with Gasteiger partial charge in [-0.25, -0.2) is 0 Å². The normalized spacial score (nSPS) is 11.3. The fraction of sp³-hybridized carbons (Fsp3) is 0.632. The van der Waals surface area contributed by atoms with E-state index in [9.17, 15) is 0 Å². The van der Waals surface area contributed by atoms with Crippen molar-refractivity contribution in [3.05, 3.63) is 73.1 Å². The quantitative estimate of drug-likeness (QED) is 0.0726. The number of hydrogen-bond acceptors (Lipinski definition) is 12. The molecule has 2 aromatic rings. The fourth-order valence-corrected chi connectivity index (χ4v) is 4.33. The predicted molar refractivity (Wildman–Crippen MR) is 193 cm³/mol. The van der Waals surface area contributed by atoms with Crippen molar-refractivity contribution in [3.63, 3.8) is 0 Å². The van der Waals surface area contributed by atoms with Crippen LogP contribution in [-0.4, -0.2) is 142 Å². The van der Waals surface area contributed by atoms with Crippen LogP contribution >= 0.6 is 0 Å². The molecule has 0 aliphatic heterocycles. The van der Waals surface area contributed by atoms with Gasteiger partial charge in [0, 0.05) is 24.6 Å². The maximum atomic E-state index is 5.72. The van der Waals surface area contributed by atoms with Gasteiger partial charge in [-0.2, -0.15) is 0 Å². The lowest BCUT2D eigenvalue weighted by molar-refractivity contribution is -0.00948. The Balaban J connectivity index is 1.43. The summed E-state index contributed by atoms with van der Waals surface area (Å²) in [4.78, 5) is 9.68. The van der Waals surface area contributed by atoms with Crippen molar-refractivity contribution >= 4 is 0 Å². The summed E-state index contributed by atoms with van der Waals surface area (Å²) in [5.74, 6) is 0. The molecule has 0 aromatic carbocycles. The molecular formula is C38H60N2O10. The minimum Gasteiger partial charge on any atom is -0.379 e. The van der Waals surface area contributed by atoms with E-state index in [2.05, 4.69) is 13.2 Å². The molecule has 0 unspecified atom stereocenters. The van der Waals surface area contributed by atoms with Crippen molar-refractivity contribution in [2.45, 2.75) is 25.7 Å². The predicted octanol–water partition coefficient (Wildman–Crippen LogP) is 4.55. The van der Waals surface area contributed by atoms with Gasteiger partial charge in [0.25, 0.3) is 0 Å². The van der Waals surface area contributed by atoms with Gasteiger partial charge in [-0.05, 0) is 49.9 Å². The third kappa shape index (κ3) is 25.3. The Labute approximate surface area is 299 Å². The van der Waals surface area contributed by atoms with Gasteiger partial charge in [-0.3, -0.25) is 9.97 Å². The van der Waals surface area contributed by atoms with Crippen LogP contribution < -0.4 is 0 Å². The van der Waals surface area contributed by atoms with Gasteiger partial charge in [-0.1, -0.05) is 24.3 Å². The number of aryl methyl sites for hydroxylation is 2. The van der Waals surface area contributed by atoms with Gasteiger partial charge in [0.2, 0.25) is 0 Å². The first kappa shape index (κ1) is 43.5. The molecule has 0 saturated carbocycles. The van der Waals surface area contributed by atoms with Crippen LogP contribution in [0.1, 0.15) is 24.2 Å². The zero-order valence-corrected chi connectivity index (χ0v) is 30.0. The Kier molecular flexibility index (Phi) is 29.2. The van der Waals surface area contributed by atoms with Crippen LogP contribution in [-0.2, 0) is 60.2 Å². The standard InChI is InChI=1S/C38H60N2O10/c1-3-15-41-19-23-45-27-31-49-33-29-47-25-21-43-17-7-11-35-9-5-13-37(39-35)38-14-6-10-36(40-38)12-8-18-44-22-26-48-30-34-50-32-28-46-24-20-42-16-4-2/h3-6,9-10,13-14H,1-2,7-8,11-12,15-34H2. The molecular weight excluding hydrogens is 644 g/mol. The van der Waals surface area contributed by atoms with Gasteiger partial charge in [0.05, 0.1) is 130 Å². The second-order valence-corrected chi connectivity index (χ2v) is 10.9. The highest BCUT2D eigenvalue weighted by Gasteiger charge is 2.05. The summed E-state index contributed by atoms with van der Waals surface area (Å²) in [7, 11) is 0. The highest BCUT2D eigenvalue weighted by Crippen LogP contribution is 2.16. The van der Waals surface area contributed by atoms with Gasteiger partial charge in [0.15, 0.2) is 0 Å². The minimum atomic E-state index is 0.532. The van der Waals surface area contributed by atoms with E-state index in [1.807, 2.05) is 36.4 Å². The molecule has 0 spiro atoms. The Morgan fingerprint density at radius 2 is 0.660 bits per heavy atom. The highest BCUT2D eigenvalue weighted by atomic mass is 16.6. The minimum absolute atomic E-state index is 0.532. The van der Waals surface area contributed by atoms with E-state index in [0.717, 1.165) is 48.5 Å². The molecule has 0 fully saturated rings. The average molecular weight is 705 g/mol. The van der Waals surface area contributed by atoms with E-state index in [1.165, 1.54) is 0 Å². The second kappa shape index (κ2) is 33.5. The maximum Gasteiger partial charge on any atom is 0.0889 e. The van der Waals surface area contributed by atoms with Crippen LogP contribution in [0.5, 0.6) is 0 Å². The SMILES string of the molecule is C=CCOCCOCCOCCOCCOCCCc1cccc(-c2cccc(CCCOCCOCCOCCOCCOCC=C)n2)n1. The Bertz CT molecular complexity index is 994. The fourth-order valence-electron chi connectivity index (χ4n) is 4.33. The van der Waals surface area contributed by atoms with Crippen molar-refractivity contribution in [2.24, 2.45) is 0 Å². The number of aromatic nitrogens is 2. The Morgan fingerprint density at radius 3 is 0.960 bits per heavy atom. The van der Waals surface area contributed by atoms with Crippen LogP contribution in [0.4, 0.5) is 0 Å². The number of nitrogens with zero attached hydrogens (tertiary/aromatic N) is 2. The lowest BCUT2D eigenvalue weighted by Gasteiger charge is -2.09. The summed E-state index contributed by atoms with van der Waals surface area (Å²) >= 11 is 0. The zero-order chi connectivity index (χ0) is 35.4. The van der Waals surface area contributed by atoms with Gasteiger partial charge < -0.3 is 47.4 Å². The highest BCUT2D eigenvalue weighted by molar-refractivity contribution is 5.54. The molecule has 0 radical (unpaired) electrons. The smallest absolute Gasteiger partial charge is 0.0889 e. The van der Waals surface area contributed by atoms with Crippen LogP contribution in [0.2, 0.25) is 0 Å². The van der Waals surface area contributed by atoms with Gasteiger partial charge in [0.1, 0.15) is 0 Å². The monoisotopic (exact) mass is 704 g/mol. The first-order chi connectivity index (χ1) is 24.8. The first-order valence-corrected chi connectivity index (χ1v) is 17.7. The van der Waals surface area contributed by atoms with E-state index in [1.54, 1.807) is 12.2 Å². The molecule has 0 N–H and O–H groups in total. The van der Waals surface area contributed by atoms with Crippen molar-refractivity contribution in [1.29, 1.82) is 0 Å². The van der Waals surface area contributed by atoms with Gasteiger partial charge in [-0.15, -0.1) is 13.2 Å². The van der Waals surface area contributed by atoms with E-state index in [0.29, 0.717) is 132 Å². The summed E-state index contributed by atoms with van der Waals surface area (Å²) in [6.07, 6.45) is 6.87. The van der Waals surface area contributed by atoms with Gasteiger partial charge >= 0.3 is 0 Å². The maximum absolute atomic E-state index is 5.72. The van der Waals surface area contributed by atoms with Crippen molar-refractivity contribution < 1.29 is 47.4 Å². The Morgan fingerprint density at radius 1 is 0.380 bits per heavy atom. The van der Waals surface area contributed by atoms with E-state index in [-0.39, 0.29) is 0 Å². The van der Waals surface area contributed by atoms with Crippen molar-refractivity contribution in [3.8, 4) is 11.4 Å². The molecule has 0 amide bonds. The summed E-state index contributed by atoms with van der Waals surface area (Å²) in [5, 5.41) is 0. The molecule has 2 rings (SSSR count). The number of ether oxygens (including phenoxy) is 10. The summed E-state index contributed by atoms with van der Waals surface area (Å²) in [5.41, 5.74) is 3.81. The second-order valence-electron chi connectivity index (χ2n) is 10.9. The summed E-state index contributed by atoms with van der Waals surface area (Å²) < 4.78 is 54.8. The topological polar surface area (TPSA) is 118 Å². The Hall–Kier alpha value is -2.62. The number of pyridine rings is 2. The molecule has 282 valence electrons. The lowest BCUT2D eigenvalue weighted by atomic mass is 10.1. The molecule has 2 aromatic heterocycles. The first-order valence-electron chi connectivity index (χ1n) is 17.7. The molecule has 0 bridgehead atoms. The molecule has 0 aliphatic carbocycles. The number of rotatable bonds is 37. The third-order valence-corrected chi connectivity index (χ3v) is 6.77. The van der Waals surface area contributed by atoms with Crippen LogP contribution in [0, 0.1) is 0 Å². The number of hydrogen-bond donors (Lipinski definition) is 0. The molecule has 0 saturated heterocycles. The summed E-state index contributed by atoms with van der Waals surface area (Å²) in [6.45, 7) is 18.3. The average Bonchev–Trinajstić information content (AvgIpc) is 3.14. The van der Waals surface area contributed by atoms with Crippen LogP contribution in [0.25, 0.3) is 11.4 Å². The van der Waals surface area contributed by atoms with Crippen molar-refractivity contribution in [2.75, 3.05) is 132 Å². The largest absolute Gasteiger partial charge is 0.379 e. The molecule has 0 aliphatic rings. The summed E-state index contributed by atoms with van der Waals surface area (Å²) in [6, 6.07) is 12.2. The third-order valence-electron chi connectivity index (χ3n) is 6.77. The van der Waals surface area contributed by atoms with Crippen LogP contribution in [0.15, 0.2) is 61.7 Å². The lowest BCUT2D eigenvalue weighted by Crippen LogP contribution is -2.13. The molecule has 2 heterocycles. The van der Waals surface area contributed by atoms with Crippen molar-refractivity contribution in [1.82, 2.24) is 9.97 Å². The van der Waals surface area contributed by atoms with E-state index < -0.39 is 0 Å². The van der Waals surface area contributed by atoms with E-state index >= 15 is 0 Å². The zero-order valence-electron chi connectivity index (χ0n) is 30.0. The molecule has 12 nitrogen and oxygen atoms in total. The molecule has 0 atom stereocenters. The molecule has 50 heavy (non-hydrogen) atoms. The van der Waals surface area contributed by atoms with E-state index in [4.69, 9.17) is 57.3 Å². The molecule has 12 heteroatoms. The van der Waals surface area contributed by atoms with Crippen LogP contribution in [0.3, 0.4) is 0 Å².